The van der Waals surface area contributed by atoms with Crippen LogP contribution in [-0.2, 0) is 9.59 Å². The minimum absolute atomic E-state index is 0.0571. The number of aliphatic carboxylic acids is 1. The number of nitrogens with one attached hydrogen (secondary N) is 1. The highest BCUT2D eigenvalue weighted by Crippen LogP contribution is 2.39. The SMILES string of the molecule is CSC1CCCC1NC(=O)[C@@H]1C[C@@H]1C(=O)O. The Morgan fingerprint density at radius 1 is 1.31 bits per heavy atom. The van der Waals surface area contributed by atoms with Gasteiger partial charge in [0.15, 0.2) is 0 Å². The smallest absolute Gasteiger partial charge is 0.307 e. The molecule has 0 radical (unpaired) electrons. The minimum atomic E-state index is -0.840. The zero-order valence-electron chi connectivity index (χ0n) is 9.31. The van der Waals surface area contributed by atoms with Gasteiger partial charge in [-0.05, 0) is 25.5 Å². The third-order valence-corrected chi connectivity index (χ3v) is 4.70. The van der Waals surface area contributed by atoms with E-state index < -0.39 is 11.9 Å². The quantitative estimate of drug-likeness (QED) is 0.776. The van der Waals surface area contributed by atoms with E-state index in [4.69, 9.17) is 5.11 Å². The van der Waals surface area contributed by atoms with Crippen LogP contribution in [0.3, 0.4) is 0 Å². The molecular formula is C11H17NO3S. The molecule has 0 aliphatic heterocycles. The Morgan fingerprint density at radius 2 is 2.06 bits per heavy atom. The van der Waals surface area contributed by atoms with Gasteiger partial charge in [-0.25, -0.2) is 0 Å². The lowest BCUT2D eigenvalue weighted by Gasteiger charge is -2.19. The van der Waals surface area contributed by atoms with Gasteiger partial charge in [-0.3, -0.25) is 9.59 Å². The molecule has 0 saturated heterocycles. The molecule has 0 bridgehead atoms. The molecule has 90 valence electrons. The van der Waals surface area contributed by atoms with Crippen LogP contribution in [0.1, 0.15) is 25.7 Å². The number of thioether (sulfide) groups is 1. The Bertz CT molecular complexity index is 308. The van der Waals surface area contributed by atoms with Crippen molar-refractivity contribution in [3.63, 3.8) is 0 Å². The first kappa shape index (κ1) is 11.8. The lowest BCUT2D eigenvalue weighted by Crippen LogP contribution is -2.40. The number of amides is 1. The molecule has 0 aromatic heterocycles. The first-order valence-electron chi connectivity index (χ1n) is 5.69. The van der Waals surface area contributed by atoms with E-state index in [9.17, 15) is 9.59 Å². The summed E-state index contributed by atoms with van der Waals surface area (Å²) in [5, 5.41) is 12.3. The largest absolute Gasteiger partial charge is 0.481 e. The Balaban J connectivity index is 1.82. The average molecular weight is 243 g/mol. The number of hydrogen-bond acceptors (Lipinski definition) is 3. The predicted octanol–water partition coefficient (Wildman–Crippen LogP) is 1.11. The van der Waals surface area contributed by atoms with Crippen molar-refractivity contribution in [3.8, 4) is 0 Å². The molecule has 2 aliphatic carbocycles. The van der Waals surface area contributed by atoms with Crippen LogP contribution >= 0.6 is 11.8 Å². The Labute approximate surface area is 99.2 Å². The van der Waals surface area contributed by atoms with Gasteiger partial charge in [-0.1, -0.05) is 6.42 Å². The zero-order chi connectivity index (χ0) is 11.7. The number of carbonyl (C=O) groups excluding carboxylic acids is 1. The van der Waals surface area contributed by atoms with Gasteiger partial charge in [-0.2, -0.15) is 11.8 Å². The third kappa shape index (κ3) is 2.34. The van der Waals surface area contributed by atoms with Crippen molar-refractivity contribution in [2.75, 3.05) is 6.26 Å². The van der Waals surface area contributed by atoms with E-state index in [0.717, 1.165) is 19.3 Å². The van der Waals surface area contributed by atoms with Gasteiger partial charge in [-0.15, -0.1) is 0 Å². The monoisotopic (exact) mass is 243 g/mol. The highest BCUT2D eigenvalue weighted by Gasteiger charge is 2.49. The topological polar surface area (TPSA) is 66.4 Å². The summed E-state index contributed by atoms with van der Waals surface area (Å²) in [4.78, 5) is 22.4. The molecule has 2 N–H and O–H groups in total. The molecule has 4 nitrogen and oxygen atoms in total. The van der Waals surface area contributed by atoms with Crippen LogP contribution < -0.4 is 5.32 Å². The molecule has 1 amide bonds. The van der Waals surface area contributed by atoms with Crippen molar-refractivity contribution in [3.05, 3.63) is 0 Å². The van der Waals surface area contributed by atoms with Crippen LogP contribution in [0.4, 0.5) is 0 Å². The summed E-state index contributed by atoms with van der Waals surface area (Å²) in [6, 6.07) is 0.248. The second-order valence-corrected chi connectivity index (χ2v) is 5.68. The van der Waals surface area contributed by atoms with E-state index in [0.29, 0.717) is 11.7 Å². The van der Waals surface area contributed by atoms with Crippen LogP contribution in [0, 0.1) is 11.8 Å². The van der Waals surface area contributed by atoms with Crippen LogP contribution in [0.2, 0.25) is 0 Å². The molecule has 5 heteroatoms. The number of carboxylic acid groups (broad SMARTS) is 1. The molecule has 2 aliphatic rings. The zero-order valence-corrected chi connectivity index (χ0v) is 10.1. The summed E-state index contributed by atoms with van der Waals surface area (Å²) in [6.45, 7) is 0. The van der Waals surface area contributed by atoms with E-state index in [1.165, 1.54) is 0 Å². The number of carbonyl (C=O) groups is 2. The normalized spacial score (nSPS) is 37.1. The summed E-state index contributed by atoms with van der Waals surface area (Å²) in [5.74, 6) is -1.61. The average Bonchev–Trinajstić information content (AvgIpc) is 2.94. The van der Waals surface area contributed by atoms with Crippen molar-refractivity contribution in [2.45, 2.75) is 37.0 Å². The van der Waals surface area contributed by atoms with Gasteiger partial charge < -0.3 is 10.4 Å². The van der Waals surface area contributed by atoms with Crippen molar-refractivity contribution in [1.82, 2.24) is 5.32 Å². The second kappa shape index (κ2) is 4.65. The van der Waals surface area contributed by atoms with Crippen molar-refractivity contribution < 1.29 is 14.7 Å². The molecule has 0 aromatic rings. The van der Waals surface area contributed by atoms with Crippen molar-refractivity contribution in [1.29, 1.82) is 0 Å². The molecule has 2 fully saturated rings. The molecule has 0 aromatic carbocycles. The molecule has 0 heterocycles. The number of carboxylic acids is 1. The van der Waals surface area contributed by atoms with Gasteiger partial charge >= 0.3 is 5.97 Å². The fraction of sp³-hybridized carbons (Fsp3) is 0.818. The van der Waals surface area contributed by atoms with Gasteiger partial charge in [0, 0.05) is 11.3 Å². The molecule has 2 saturated carbocycles. The first-order chi connectivity index (χ1) is 7.63. The van der Waals surface area contributed by atoms with E-state index in [1.807, 2.05) is 0 Å². The van der Waals surface area contributed by atoms with Crippen LogP contribution in [0.5, 0.6) is 0 Å². The Kier molecular flexibility index (Phi) is 3.42. The summed E-state index contributed by atoms with van der Waals surface area (Å²) in [5.41, 5.74) is 0. The summed E-state index contributed by atoms with van der Waals surface area (Å²) < 4.78 is 0. The lowest BCUT2D eigenvalue weighted by molar-refractivity contribution is -0.140. The highest BCUT2D eigenvalue weighted by molar-refractivity contribution is 7.99. The standard InChI is InChI=1S/C11H17NO3S/c1-16-9-4-2-3-8(9)12-10(13)6-5-7(6)11(14)15/h6-9H,2-5H2,1H3,(H,12,13)(H,14,15)/t6-,7+,8?,9?/m1/s1. The maximum absolute atomic E-state index is 11.8. The maximum atomic E-state index is 11.8. The van der Waals surface area contributed by atoms with Gasteiger partial charge in [0.25, 0.3) is 0 Å². The molecule has 4 atom stereocenters. The summed E-state index contributed by atoms with van der Waals surface area (Å²) in [6.07, 6.45) is 5.91. The Hall–Kier alpha value is -0.710. The van der Waals surface area contributed by atoms with Gasteiger partial charge in [0.2, 0.25) is 5.91 Å². The summed E-state index contributed by atoms with van der Waals surface area (Å²) >= 11 is 1.79. The summed E-state index contributed by atoms with van der Waals surface area (Å²) in [7, 11) is 0. The third-order valence-electron chi connectivity index (χ3n) is 3.53. The Morgan fingerprint density at radius 3 is 2.62 bits per heavy atom. The molecule has 2 rings (SSSR count). The van der Waals surface area contributed by atoms with Crippen LogP contribution in [-0.4, -0.2) is 34.5 Å². The fourth-order valence-electron chi connectivity index (χ4n) is 2.42. The second-order valence-electron chi connectivity index (χ2n) is 4.61. The minimum Gasteiger partial charge on any atom is -0.481 e. The van der Waals surface area contributed by atoms with E-state index in [-0.39, 0.29) is 17.9 Å². The molecule has 16 heavy (non-hydrogen) atoms. The molecule has 2 unspecified atom stereocenters. The molecular weight excluding hydrogens is 226 g/mol. The lowest BCUT2D eigenvalue weighted by atomic mass is 10.2. The van der Waals surface area contributed by atoms with Crippen LogP contribution in [0.15, 0.2) is 0 Å². The van der Waals surface area contributed by atoms with E-state index in [1.54, 1.807) is 11.8 Å². The van der Waals surface area contributed by atoms with Crippen molar-refractivity contribution >= 4 is 23.6 Å². The highest BCUT2D eigenvalue weighted by atomic mass is 32.2. The maximum Gasteiger partial charge on any atom is 0.307 e. The predicted molar refractivity (Wildman–Crippen MR) is 62.3 cm³/mol. The van der Waals surface area contributed by atoms with Gasteiger partial charge in [0.1, 0.15) is 0 Å². The fourth-order valence-corrected chi connectivity index (χ4v) is 3.36. The van der Waals surface area contributed by atoms with E-state index in [2.05, 4.69) is 11.6 Å². The first-order valence-corrected chi connectivity index (χ1v) is 6.98. The number of rotatable bonds is 4. The van der Waals surface area contributed by atoms with E-state index >= 15 is 0 Å². The number of hydrogen-bond donors (Lipinski definition) is 2. The molecule has 0 spiro atoms. The van der Waals surface area contributed by atoms with Gasteiger partial charge in [0.05, 0.1) is 11.8 Å². The van der Waals surface area contributed by atoms with Crippen molar-refractivity contribution in [2.24, 2.45) is 11.8 Å². The van der Waals surface area contributed by atoms with Crippen LogP contribution in [0.25, 0.3) is 0 Å².